The number of hydrogen-bond acceptors (Lipinski definition) is 2. The van der Waals surface area contributed by atoms with E-state index in [9.17, 15) is 9.59 Å². The summed E-state index contributed by atoms with van der Waals surface area (Å²) in [5.74, 6) is -0.717. The molecule has 0 saturated carbocycles. The molecule has 0 aromatic heterocycles. The molecule has 100 valence electrons. The zero-order valence-electron chi connectivity index (χ0n) is 10.7. The molecule has 1 amide bonds. The molecule has 2 N–H and O–H groups in total. The smallest absolute Gasteiger partial charge is 0.335 e. The van der Waals surface area contributed by atoms with E-state index < -0.39 is 5.97 Å². The zero-order chi connectivity index (χ0) is 13.5. The number of benzene rings is 1. The average molecular weight is 259 g/mol. The minimum absolute atomic E-state index is 0.173. The van der Waals surface area contributed by atoms with Crippen LogP contribution in [0.1, 0.15) is 40.7 Å². The summed E-state index contributed by atoms with van der Waals surface area (Å²) in [4.78, 5) is 23.1. The second-order valence-electron chi connectivity index (χ2n) is 5.61. The second-order valence-corrected chi connectivity index (χ2v) is 5.61. The van der Waals surface area contributed by atoms with E-state index in [1.54, 1.807) is 12.1 Å². The van der Waals surface area contributed by atoms with Crippen molar-refractivity contribution in [2.75, 3.05) is 6.54 Å². The van der Waals surface area contributed by atoms with E-state index >= 15 is 0 Å². The molecular formula is C15H17NO3. The van der Waals surface area contributed by atoms with Gasteiger partial charge in [-0.05, 0) is 55.4 Å². The van der Waals surface area contributed by atoms with Crippen LogP contribution in [0.5, 0.6) is 0 Å². The molecule has 0 unspecified atom stereocenters. The van der Waals surface area contributed by atoms with Gasteiger partial charge in [-0.1, -0.05) is 6.07 Å². The Morgan fingerprint density at radius 3 is 2.84 bits per heavy atom. The minimum Gasteiger partial charge on any atom is -0.478 e. The second kappa shape index (κ2) is 4.37. The maximum Gasteiger partial charge on any atom is 0.335 e. The first-order chi connectivity index (χ1) is 9.11. The van der Waals surface area contributed by atoms with Crippen LogP contribution < -0.4 is 5.32 Å². The molecule has 0 bridgehead atoms. The number of amides is 1. The lowest BCUT2D eigenvalue weighted by atomic mass is 9.67. The van der Waals surface area contributed by atoms with Crippen molar-refractivity contribution in [3.63, 3.8) is 0 Å². The quantitative estimate of drug-likeness (QED) is 0.807. The zero-order valence-corrected chi connectivity index (χ0v) is 10.7. The highest BCUT2D eigenvalue weighted by molar-refractivity contribution is 5.88. The molecule has 1 atom stereocenters. The predicted octanol–water partition coefficient (Wildman–Crippen LogP) is 1.77. The molecule has 1 aliphatic carbocycles. The number of aromatic carboxylic acids is 1. The normalized spacial score (nSPS) is 25.8. The van der Waals surface area contributed by atoms with Crippen LogP contribution in [0.2, 0.25) is 0 Å². The molecule has 1 heterocycles. The first-order valence-corrected chi connectivity index (χ1v) is 6.74. The molecule has 4 nitrogen and oxygen atoms in total. The average Bonchev–Trinajstić information content (AvgIpc) is 2.41. The molecule has 19 heavy (non-hydrogen) atoms. The van der Waals surface area contributed by atoms with Crippen LogP contribution in [0.25, 0.3) is 0 Å². The summed E-state index contributed by atoms with van der Waals surface area (Å²) in [6.07, 6.45) is 4.35. The van der Waals surface area contributed by atoms with Crippen LogP contribution in [0.4, 0.5) is 0 Å². The van der Waals surface area contributed by atoms with Crippen LogP contribution in [0, 0.1) is 5.41 Å². The highest BCUT2D eigenvalue weighted by Gasteiger charge is 2.42. The van der Waals surface area contributed by atoms with Gasteiger partial charge >= 0.3 is 5.97 Å². The van der Waals surface area contributed by atoms with Crippen molar-refractivity contribution in [3.05, 3.63) is 34.9 Å². The molecule has 2 aliphatic rings. The van der Waals surface area contributed by atoms with E-state index in [0.717, 1.165) is 49.8 Å². The summed E-state index contributed by atoms with van der Waals surface area (Å²) in [7, 11) is 0. The van der Waals surface area contributed by atoms with Crippen LogP contribution in [0.3, 0.4) is 0 Å². The fourth-order valence-electron chi connectivity index (χ4n) is 3.33. The van der Waals surface area contributed by atoms with Crippen molar-refractivity contribution in [1.29, 1.82) is 0 Å². The highest BCUT2D eigenvalue weighted by atomic mass is 16.4. The lowest BCUT2D eigenvalue weighted by Gasteiger charge is -2.39. The summed E-state index contributed by atoms with van der Waals surface area (Å²) in [5.41, 5.74) is 2.30. The van der Waals surface area contributed by atoms with Crippen molar-refractivity contribution in [1.82, 2.24) is 5.32 Å². The van der Waals surface area contributed by atoms with Crippen LogP contribution in [-0.2, 0) is 17.6 Å². The summed E-state index contributed by atoms with van der Waals surface area (Å²) in [5, 5.41) is 12.0. The maximum atomic E-state index is 12.2. The van der Waals surface area contributed by atoms with E-state index in [4.69, 9.17) is 5.11 Å². The third kappa shape index (κ3) is 2.01. The molecule has 1 saturated heterocycles. The van der Waals surface area contributed by atoms with E-state index in [0.29, 0.717) is 5.56 Å². The minimum atomic E-state index is -0.890. The predicted molar refractivity (Wildman–Crippen MR) is 70.1 cm³/mol. The maximum absolute atomic E-state index is 12.2. The van der Waals surface area contributed by atoms with Crippen molar-refractivity contribution >= 4 is 11.9 Å². The number of carbonyl (C=O) groups is 2. The monoisotopic (exact) mass is 259 g/mol. The van der Waals surface area contributed by atoms with Crippen LogP contribution >= 0.6 is 0 Å². The van der Waals surface area contributed by atoms with Gasteiger partial charge in [0.2, 0.25) is 5.91 Å². The first kappa shape index (κ1) is 12.2. The Bertz CT molecular complexity index is 552. The Hall–Kier alpha value is -1.84. The van der Waals surface area contributed by atoms with Gasteiger partial charge in [-0.15, -0.1) is 0 Å². The van der Waals surface area contributed by atoms with Crippen molar-refractivity contribution in [2.45, 2.75) is 32.1 Å². The Balaban J connectivity index is 1.92. The van der Waals surface area contributed by atoms with Gasteiger partial charge in [0.05, 0.1) is 11.0 Å². The lowest BCUT2D eigenvalue weighted by molar-refractivity contribution is -0.134. The number of piperidine rings is 1. The molecular weight excluding hydrogens is 242 g/mol. The topological polar surface area (TPSA) is 66.4 Å². The van der Waals surface area contributed by atoms with Gasteiger partial charge in [0, 0.05) is 6.54 Å². The number of carboxylic acids is 1. The van der Waals surface area contributed by atoms with Gasteiger partial charge in [0.1, 0.15) is 0 Å². The van der Waals surface area contributed by atoms with E-state index in [1.807, 2.05) is 6.07 Å². The Labute approximate surface area is 111 Å². The van der Waals surface area contributed by atoms with Crippen LogP contribution in [0.15, 0.2) is 18.2 Å². The molecule has 1 aromatic carbocycles. The van der Waals surface area contributed by atoms with Crippen molar-refractivity contribution in [3.8, 4) is 0 Å². The highest BCUT2D eigenvalue weighted by Crippen LogP contribution is 2.41. The van der Waals surface area contributed by atoms with Crippen LogP contribution in [-0.4, -0.2) is 23.5 Å². The molecule has 1 spiro atoms. The number of hydrogen-bond donors (Lipinski definition) is 2. The number of carboxylic acid groups (broad SMARTS) is 1. The molecule has 1 aromatic rings. The molecule has 0 radical (unpaired) electrons. The van der Waals surface area contributed by atoms with Gasteiger partial charge in [-0.2, -0.15) is 0 Å². The van der Waals surface area contributed by atoms with Gasteiger partial charge in [-0.25, -0.2) is 4.79 Å². The number of nitrogens with one attached hydrogen (secondary N) is 1. The summed E-state index contributed by atoms with van der Waals surface area (Å²) in [6, 6.07) is 5.27. The number of aryl methyl sites for hydroxylation is 1. The fraction of sp³-hybridized carbons (Fsp3) is 0.467. The summed E-state index contributed by atoms with van der Waals surface area (Å²) < 4.78 is 0. The standard InChI is InChI=1S/C15H17NO3/c17-13(18)11-2-3-12-9-15(6-4-10(12)8-11)5-1-7-16-14(15)19/h2-3,8H,1,4-7,9H2,(H,16,19)(H,17,18)/t15-/m1/s1. The van der Waals surface area contributed by atoms with Crippen molar-refractivity contribution < 1.29 is 14.7 Å². The third-order valence-electron chi connectivity index (χ3n) is 4.45. The van der Waals surface area contributed by atoms with Gasteiger partial charge in [0.15, 0.2) is 0 Å². The largest absolute Gasteiger partial charge is 0.478 e. The Morgan fingerprint density at radius 1 is 1.26 bits per heavy atom. The fourth-order valence-corrected chi connectivity index (χ4v) is 3.33. The Kier molecular flexibility index (Phi) is 2.81. The number of rotatable bonds is 1. The number of carbonyl (C=O) groups excluding carboxylic acids is 1. The third-order valence-corrected chi connectivity index (χ3v) is 4.45. The summed E-state index contributed by atoms with van der Waals surface area (Å²) >= 11 is 0. The van der Waals surface area contributed by atoms with Gasteiger partial charge in [-0.3, -0.25) is 4.79 Å². The SMILES string of the molecule is O=C(O)c1ccc2c(c1)CC[C@]1(CCCNC1=O)C2. The van der Waals surface area contributed by atoms with Gasteiger partial charge < -0.3 is 10.4 Å². The molecule has 3 rings (SSSR count). The van der Waals surface area contributed by atoms with Gasteiger partial charge in [0.25, 0.3) is 0 Å². The molecule has 1 aliphatic heterocycles. The first-order valence-electron chi connectivity index (χ1n) is 6.74. The van der Waals surface area contributed by atoms with E-state index in [1.165, 1.54) is 0 Å². The van der Waals surface area contributed by atoms with E-state index in [2.05, 4.69) is 5.32 Å². The molecule has 4 heteroatoms. The number of fused-ring (bicyclic) bond motifs is 1. The lowest BCUT2D eigenvalue weighted by Crippen LogP contribution is -2.48. The van der Waals surface area contributed by atoms with E-state index in [-0.39, 0.29) is 11.3 Å². The molecule has 1 fully saturated rings. The Morgan fingerprint density at radius 2 is 2.11 bits per heavy atom. The summed E-state index contributed by atoms with van der Waals surface area (Å²) in [6.45, 7) is 0.783. The van der Waals surface area contributed by atoms with Crippen molar-refractivity contribution in [2.24, 2.45) is 5.41 Å².